The minimum atomic E-state index is 0.625. The molecule has 0 radical (unpaired) electrons. The Morgan fingerprint density at radius 1 is 0.967 bits per heavy atom. The highest BCUT2D eigenvalue weighted by Crippen LogP contribution is 2.46. The van der Waals surface area contributed by atoms with Crippen molar-refractivity contribution in [3.8, 4) is 16.3 Å². The molecule has 156 valence electrons. The molecule has 2 saturated carbocycles. The molecular formula is C24H27N3OS2. The summed E-state index contributed by atoms with van der Waals surface area (Å²) in [5.74, 6) is 1.29. The van der Waals surface area contributed by atoms with Gasteiger partial charge < -0.3 is 10.1 Å². The molecule has 6 heteroatoms. The van der Waals surface area contributed by atoms with Crippen LogP contribution in [0.2, 0.25) is 0 Å². The number of methoxy groups -OCH3 is 1. The van der Waals surface area contributed by atoms with E-state index in [0.717, 1.165) is 16.6 Å². The summed E-state index contributed by atoms with van der Waals surface area (Å²) in [5.41, 5.74) is 3.37. The average molecular weight is 438 g/mol. The van der Waals surface area contributed by atoms with E-state index in [0.29, 0.717) is 11.8 Å². The van der Waals surface area contributed by atoms with Gasteiger partial charge in [-0.05, 0) is 43.9 Å². The zero-order chi connectivity index (χ0) is 20.3. The first-order valence-electron chi connectivity index (χ1n) is 10.8. The molecule has 0 saturated heterocycles. The van der Waals surface area contributed by atoms with Gasteiger partial charge in [0.25, 0.3) is 0 Å². The van der Waals surface area contributed by atoms with Crippen molar-refractivity contribution < 1.29 is 4.74 Å². The number of ether oxygens (including phenoxy) is 1. The topological polar surface area (TPSA) is 47.0 Å². The summed E-state index contributed by atoms with van der Waals surface area (Å²) >= 11 is 3.91. The third-order valence-corrected chi connectivity index (χ3v) is 8.37. The van der Waals surface area contributed by atoms with Gasteiger partial charge in [-0.25, -0.2) is 9.97 Å². The number of nitrogens with zero attached hydrogens (tertiary/aromatic N) is 2. The van der Waals surface area contributed by atoms with Gasteiger partial charge in [-0.1, -0.05) is 25.3 Å². The molecule has 0 aliphatic heterocycles. The number of thiazole rings is 1. The first-order chi connectivity index (χ1) is 14.8. The monoisotopic (exact) mass is 437 g/mol. The fraction of sp³-hybridized carbons (Fsp3) is 0.417. The number of aromatic nitrogens is 2. The summed E-state index contributed by atoms with van der Waals surface area (Å²) in [5, 5.41) is 5.57. The number of anilines is 2. The maximum absolute atomic E-state index is 5.15. The van der Waals surface area contributed by atoms with Gasteiger partial charge in [0, 0.05) is 39.6 Å². The molecule has 1 aromatic carbocycles. The van der Waals surface area contributed by atoms with E-state index in [4.69, 9.17) is 9.72 Å². The number of thioether (sulfide) groups is 1. The van der Waals surface area contributed by atoms with Crippen molar-refractivity contribution in [1.29, 1.82) is 0 Å². The quantitative estimate of drug-likeness (QED) is 0.421. The van der Waals surface area contributed by atoms with Gasteiger partial charge in [-0.3, -0.25) is 0 Å². The molecular weight excluding hydrogens is 410 g/mol. The van der Waals surface area contributed by atoms with Crippen molar-refractivity contribution in [2.45, 2.75) is 61.0 Å². The molecule has 2 aliphatic rings. The minimum absolute atomic E-state index is 0.625. The van der Waals surface area contributed by atoms with E-state index >= 15 is 0 Å². The lowest BCUT2D eigenvalue weighted by atomic mass is 9.90. The smallest absolute Gasteiger partial charge is 0.213 e. The van der Waals surface area contributed by atoms with E-state index in [9.17, 15) is 0 Å². The second-order valence-electron chi connectivity index (χ2n) is 8.14. The normalized spacial score (nSPS) is 17.1. The molecule has 0 atom stereocenters. The van der Waals surface area contributed by atoms with Crippen LogP contribution >= 0.6 is 23.1 Å². The number of hydrogen-bond donors (Lipinski definition) is 1. The maximum atomic E-state index is 5.15. The fourth-order valence-electron chi connectivity index (χ4n) is 3.96. The molecule has 2 aromatic heterocycles. The van der Waals surface area contributed by atoms with E-state index in [1.54, 1.807) is 13.3 Å². The third-order valence-electron chi connectivity index (χ3n) is 5.78. The second-order valence-corrected chi connectivity index (χ2v) is 10.5. The van der Waals surface area contributed by atoms with Crippen molar-refractivity contribution in [2.24, 2.45) is 0 Å². The highest BCUT2D eigenvalue weighted by Gasteiger charge is 2.25. The van der Waals surface area contributed by atoms with Crippen molar-refractivity contribution in [3.63, 3.8) is 0 Å². The molecule has 0 unspecified atom stereocenters. The molecule has 2 heterocycles. The third kappa shape index (κ3) is 4.65. The zero-order valence-electron chi connectivity index (χ0n) is 17.3. The summed E-state index contributed by atoms with van der Waals surface area (Å²) in [7, 11) is 1.63. The predicted octanol–water partition coefficient (Wildman–Crippen LogP) is 7.26. The van der Waals surface area contributed by atoms with Crippen LogP contribution in [0.1, 0.15) is 55.9 Å². The Kier molecular flexibility index (Phi) is 5.95. The van der Waals surface area contributed by atoms with Gasteiger partial charge in [0.1, 0.15) is 0 Å². The number of benzene rings is 1. The Labute approximate surface area is 186 Å². The summed E-state index contributed by atoms with van der Waals surface area (Å²) in [6, 6.07) is 10.6. The van der Waals surface area contributed by atoms with Crippen LogP contribution in [-0.2, 0) is 0 Å². The van der Waals surface area contributed by atoms with Crippen molar-refractivity contribution >= 4 is 34.5 Å². The standard InChI is InChI=1S/C24H27N3OS2/c1-28-23-12-8-18(14-25-23)27-17-7-11-20(21(13-17)29-19-9-10-19)22-15-26-24(30-22)16-5-3-2-4-6-16/h7-8,11-16,19,27H,2-6,9-10H2,1H3. The molecule has 2 fully saturated rings. The van der Waals surface area contributed by atoms with Gasteiger partial charge in [0.15, 0.2) is 0 Å². The van der Waals surface area contributed by atoms with E-state index in [2.05, 4.69) is 34.7 Å². The molecule has 5 rings (SSSR count). The Hall–Kier alpha value is -2.05. The molecule has 4 nitrogen and oxygen atoms in total. The number of nitrogens with one attached hydrogen (secondary N) is 1. The molecule has 3 aromatic rings. The van der Waals surface area contributed by atoms with Crippen LogP contribution in [0.3, 0.4) is 0 Å². The highest BCUT2D eigenvalue weighted by atomic mass is 32.2. The van der Waals surface area contributed by atoms with E-state index in [1.165, 1.54) is 65.3 Å². The predicted molar refractivity (Wildman–Crippen MR) is 126 cm³/mol. The van der Waals surface area contributed by atoms with Gasteiger partial charge in [0.2, 0.25) is 5.88 Å². The molecule has 0 bridgehead atoms. The van der Waals surface area contributed by atoms with Crippen molar-refractivity contribution in [1.82, 2.24) is 9.97 Å². The average Bonchev–Trinajstić information content (AvgIpc) is 3.47. The lowest BCUT2D eigenvalue weighted by molar-refractivity contribution is 0.398. The van der Waals surface area contributed by atoms with Crippen molar-refractivity contribution in [2.75, 3.05) is 12.4 Å². The number of pyridine rings is 1. The molecule has 2 aliphatic carbocycles. The molecule has 1 N–H and O–H groups in total. The van der Waals surface area contributed by atoms with Crippen LogP contribution in [-0.4, -0.2) is 22.3 Å². The molecule has 0 spiro atoms. The van der Waals surface area contributed by atoms with Crippen LogP contribution < -0.4 is 10.1 Å². The van der Waals surface area contributed by atoms with Gasteiger partial charge >= 0.3 is 0 Å². The van der Waals surface area contributed by atoms with E-state index in [1.807, 2.05) is 35.2 Å². The minimum Gasteiger partial charge on any atom is -0.481 e. The first-order valence-corrected chi connectivity index (χ1v) is 12.5. The highest BCUT2D eigenvalue weighted by molar-refractivity contribution is 8.00. The number of rotatable bonds is 7. The Balaban J connectivity index is 1.39. The van der Waals surface area contributed by atoms with Gasteiger partial charge in [-0.15, -0.1) is 23.1 Å². The Bertz CT molecular complexity index is 992. The summed E-state index contributed by atoms with van der Waals surface area (Å²) in [4.78, 5) is 11.8. The van der Waals surface area contributed by atoms with Crippen LogP contribution in [0, 0.1) is 0 Å². The van der Waals surface area contributed by atoms with Crippen molar-refractivity contribution in [3.05, 3.63) is 47.7 Å². The van der Waals surface area contributed by atoms with Crippen LogP contribution in [0.4, 0.5) is 11.4 Å². The molecule has 30 heavy (non-hydrogen) atoms. The summed E-state index contributed by atoms with van der Waals surface area (Å²) in [6.45, 7) is 0. The lowest BCUT2D eigenvalue weighted by Crippen LogP contribution is -2.03. The Morgan fingerprint density at radius 2 is 1.80 bits per heavy atom. The van der Waals surface area contributed by atoms with Crippen LogP contribution in [0.25, 0.3) is 10.4 Å². The summed E-state index contributed by atoms with van der Waals surface area (Å²) in [6.07, 6.45) is 13.2. The fourth-order valence-corrected chi connectivity index (χ4v) is 6.38. The molecule has 0 amide bonds. The van der Waals surface area contributed by atoms with Crippen LogP contribution in [0.5, 0.6) is 5.88 Å². The largest absolute Gasteiger partial charge is 0.481 e. The van der Waals surface area contributed by atoms with Crippen LogP contribution in [0.15, 0.2) is 47.6 Å². The maximum Gasteiger partial charge on any atom is 0.213 e. The van der Waals surface area contributed by atoms with E-state index < -0.39 is 0 Å². The lowest BCUT2D eigenvalue weighted by Gasteiger charge is -2.18. The van der Waals surface area contributed by atoms with Gasteiger partial charge in [0.05, 0.1) is 28.9 Å². The zero-order valence-corrected chi connectivity index (χ0v) is 18.9. The number of hydrogen-bond acceptors (Lipinski definition) is 6. The SMILES string of the molecule is COc1ccc(Nc2ccc(-c3cnc(C4CCCCC4)s3)c(SC3CC3)c2)cn1. The van der Waals surface area contributed by atoms with E-state index in [-0.39, 0.29) is 0 Å². The Morgan fingerprint density at radius 3 is 2.53 bits per heavy atom. The first kappa shape index (κ1) is 19.9. The summed E-state index contributed by atoms with van der Waals surface area (Å²) < 4.78 is 5.15. The second kappa shape index (κ2) is 8.98. The van der Waals surface area contributed by atoms with Gasteiger partial charge in [-0.2, -0.15) is 0 Å².